The van der Waals surface area contributed by atoms with E-state index in [1.165, 1.54) is 4.46 Å². The molecule has 0 unspecified atom stereocenters. The van der Waals surface area contributed by atoms with Gasteiger partial charge in [0.15, 0.2) is 0 Å². The third-order valence-electron chi connectivity index (χ3n) is 2.65. The molecule has 0 spiro atoms. The van der Waals surface area contributed by atoms with Gasteiger partial charge in [0, 0.05) is 0 Å². The molecule has 2 heteroatoms. The van der Waals surface area contributed by atoms with E-state index in [1.807, 2.05) is 36.4 Å². The Morgan fingerprint density at radius 1 is 0.882 bits per heavy atom. The van der Waals surface area contributed by atoms with E-state index in [1.54, 1.807) is 0 Å². The molecule has 2 aromatic rings. The second kappa shape index (κ2) is 6.02. The molecule has 0 aromatic heterocycles. The molecule has 0 saturated heterocycles. The van der Waals surface area contributed by atoms with Gasteiger partial charge in [0.05, 0.1) is 0 Å². The van der Waals surface area contributed by atoms with Crippen molar-refractivity contribution in [3.8, 4) is 0 Å². The summed E-state index contributed by atoms with van der Waals surface area (Å²) in [4.78, 5) is 0.285. The summed E-state index contributed by atoms with van der Waals surface area (Å²) in [7, 11) is 0. The average Bonchev–Trinajstić information content (AvgIpc) is 2.40. The normalized spacial score (nSPS) is 14.2. The van der Waals surface area contributed by atoms with Crippen molar-refractivity contribution in [3.05, 3.63) is 66.2 Å². The van der Waals surface area contributed by atoms with Crippen LogP contribution in [0, 0.1) is 0 Å². The van der Waals surface area contributed by atoms with Crippen LogP contribution in [0.1, 0.15) is 18.6 Å². The van der Waals surface area contributed by atoms with Crippen LogP contribution < -0.4 is 4.46 Å². The number of hydrogen-bond donors (Lipinski definition) is 1. The van der Waals surface area contributed by atoms with E-state index in [9.17, 15) is 5.11 Å². The quantitative estimate of drug-likeness (QED) is 0.858. The molecule has 1 N–H and O–H groups in total. The van der Waals surface area contributed by atoms with Crippen LogP contribution in [-0.4, -0.2) is 20.1 Å². The number of aliphatic hydroxyl groups is 1. The number of aliphatic hydroxyl groups excluding tert-OH is 1. The summed E-state index contributed by atoms with van der Waals surface area (Å²) >= 11 is 0.302. The maximum atomic E-state index is 10.3. The summed E-state index contributed by atoms with van der Waals surface area (Å²) in [6.07, 6.45) is -0.364. The van der Waals surface area contributed by atoms with Gasteiger partial charge in [-0.25, -0.2) is 0 Å². The third kappa shape index (κ3) is 3.44. The molecule has 0 aliphatic carbocycles. The minimum atomic E-state index is -0.364. The van der Waals surface area contributed by atoms with Crippen LogP contribution >= 0.6 is 0 Å². The first-order chi connectivity index (χ1) is 8.27. The minimum absolute atomic E-state index is 0.285. The van der Waals surface area contributed by atoms with Gasteiger partial charge >= 0.3 is 109 Å². The predicted molar refractivity (Wildman–Crippen MR) is 72.7 cm³/mol. The zero-order valence-corrected chi connectivity index (χ0v) is 11.5. The van der Waals surface area contributed by atoms with Crippen LogP contribution in [0.4, 0.5) is 0 Å². The van der Waals surface area contributed by atoms with Crippen LogP contribution in [0.2, 0.25) is 4.82 Å². The summed E-state index contributed by atoms with van der Waals surface area (Å²) < 4.78 is 1.34. The zero-order valence-electron chi connectivity index (χ0n) is 9.78. The molecule has 2 aromatic carbocycles. The molecule has 0 amide bonds. The van der Waals surface area contributed by atoms with Gasteiger partial charge < -0.3 is 0 Å². The van der Waals surface area contributed by atoms with E-state index in [0.717, 1.165) is 5.56 Å². The number of rotatable bonds is 4. The van der Waals surface area contributed by atoms with E-state index in [2.05, 4.69) is 31.2 Å². The summed E-state index contributed by atoms with van der Waals surface area (Å²) in [5.74, 6) is 0. The van der Waals surface area contributed by atoms with Crippen molar-refractivity contribution in [2.24, 2.45) is 0 Å². The van der Waals surface area contributed by atoms with Crippen LogP contribution in [0.3, 0.4) is 0 Å². The predicted octanol–water partition coefficient (Wildman–Crippen LogP) is 2.56. The summed E-state index contributed by atoms with van der Waals surface area (Å²) in [5, 5.41) is 10.3. The molecule has 2 rings (SSSR count). The molecular formula is C15H16OSe. The van der Waals surface area contributed by atoms with E-state index < -0.39 is 0 Å². The number of benzene rings is 2. The molecule has 88 valence electrons. The van der Waals surface area contributed by atoms with Gasteiger partial charge in [0.1, 0.15) is 0 Å². The Morgan fingerprint density at radius 3 is 2.00 bits per heavy atom. The van der Waals surface area contributed by atoms with Crippen molar-refractivity contribution in [1.82, 2.24) is 0 Å². The first-order valence-corrected chi connectivity index (χ1v) is 7.56. The fraction of sp³-hybridized carbons (Fsp3) is 0.200. The van der Waals surface area contributed by atoms with E-state index >= 15 is 0 Å². The van der Waals surface area contributed by atoms with Crippen molar-refractivity contribution in [2.75, 3.05) is 0 Å². The summed E-state index contributed by atoms with van der Waals surface area (Å²) in [6, 6.07) is 20.3. The van der Waals surface area contributed by atoms with Gasteiger partial charge in [-0.1, -0.05) is 0 Å². The van der Waals surface area contributed by atoms with Gasteiger partial charge in [-0.3, -0.25) is 0 Å². The van der Waals surface area contributed by atoms with E-state index in [-0.39, 0.29) is 10.9 Å². The van der Waals surface area contributed by atoms with Crippen LogP contribution in [0.25, 0.3) is 0 Å². The molecule has 17 heavy (non-hydrogen) atoms. The molecule has 0 bridgehead atoms. The second-order valence-corrected chi connectivity index (χ2v) is 7.04. The first-order valence-electron chi connectivity index (χ1n) is 5.72. The molecular weight excluding hydrogens is 275 g/mol. The standard InChI is InChI=1S/C15H16OSe/c1-12(17-14-10-6-3-7-11-14)15(16)13-8-4-2-5-9-13/h2-12,15-16H,1H3/t12-,15+/m0/s1. The molecule has 1 nitrogen and oxygen atoms in total. The van der Waals surface area contributed by atoms with Crippen LogP contribution in [0.15, 0.2) is 60.7 Å². The SMILES string of the molecule is C[C@H]([Se]c1ccccc1)[C@@H](O)c1ccccc1. The van der Waals surface area contributed by atoms with Crippen molar-refractivity contribution in [1.29, 1.82) is 0 Å². The van der Waals surface area contributed by atoms with Crippen LogP contribution in [-0.2, 0) is 0 Å². The van der Waals surface area contributed by atoms with Gasteiger partial charge in [0.2, 0.25) is 0 Å². The fourth-order valence-corrected chi connectivity index (χ4v) is 3.86. The van der Waals surface area contributed by atoms with Crippen molar-refractivity contribution in [3.63, 3.8) is 0 Å². The molecule has 0 aliphatic rings. The van der Waals surface area contributed by atoms with Crippen molar-refractivity contribution >= 4 is 19.4 Å². The first kappa shape index (κ1) is 12.4. The third-order valence-corrected chi connectivity index (χ3v) is 5.11. The van der Waals surface area contributed by atoms with E-state index in [0.29, 0.717) is 15.0 Å². The second-order valence-electron chi connectivity index (χ2n) is 3.99. The van der Waals surface area contributed by atoms with Gasteiger partial charge in [-0.15, -0.1) is 0 Å². The Labute approximate surface area is 109 Å². The molecule has 2 atom stereocenters. The van der Waals surface area contributed by atoms with Gasteiger partial charge in [0.25, 0.3) is 0 Å². The summed E-state index contributed by atoms with van der Waals surface area (Å²) in [5.41, 5.74) is 1.01. The Morgan fingerprint density at radius 2 is 1.41 bits per heavy atom. The summed E-state index contributed by atoms with van der Waals surface area (Å²) in [6.45, 7) is 2.12. The topological polar surface area (TPSA) is 20.2 Å². The fourth-order valence-electron chi connectivity index (χ4n) is 1.70. The average molecular weight is 291 g/mol. The van der Waals surface area contributed by atoms with Crippen molar-refractivity contribution < 1.29 is 5.11 Å². The molecule has 0 heterocycles. The zero-order chi connectivity index (χ0) is 12.1. The monoisotopic (exact) mass is 292 g/mol. The molecule has 0 radical (unpaired) electrons. The number of hydrogen-bond acceptors (Lipinski definition) is 1. The molecule has 0 aliphatic heterocycles. The molecule has 0 saturated carbocycles. The van der Waals surface area contributed by atoms with E-state index in [4.69, 9.17) is 0 Å². The van der Waals surface area contributed by atoms with Gasteiger partial charge in [-0.2, -0.15) is 0 Å². The van der Waals surface area contributed by atoms with Crippen molar-refractivity contribution in [2.45, 2.75) is 17.8 Å². The van der Waals surface area contributed by atoms with Crippen LogP contribution in [0.5, 0.6) is 0 Å². The Kier molecular flexibility index (Phi) is 4.38. The van der Waals surface area contributed by atoms with Gasteiger partial charge in [-0.05, 0) is 0 Å². The Bertz CT molecular complexity index is 441. The Hall–Kier alpha value is -1.08. The molecule has 0 fully saturated rings. The Balaban J connectivity index is 2.03. The maximum absolute atomic E-state index is 10.3.